The van der Waals surface area contributed by atoms with Crippen LogP contribution in [0.15, 0.2) is 133 Å². The number of benzene rings is 6. The molecule has 8 rings (SSSR count). The summed E-state index contributed by atoms with van der Waals surface area (Å²) in [7, 11) is 1.05. The van der Waals surface area contributed by atoms with Gasteiger partial charge >= 0.3 is 12.4 Å². The third-order valence-electron chi connectivity index (χ3n) is 10.8. The minimum atomic E-state index is -5.97. The van der Waals surface area contributed by atoms with Crippen molar-refractivity contribution in [2.75, 3.05) is 7.05 Å². The van der Waals surface area contributed by atoms with Gasteiger partial charge in [-0.2, -0.15) is 26.3 Å². The molecule has 12 heteroatoms. The van der Waals surface area contributed by atoms with E-state index in [1.807, 2.05) is 48.5 Å². The normalized spacial score (nSPS) is 14.3. The van der Waals surface area contributed by atoms with Crippen molar-refractivity contribution < 1.29 is 50.3 Å². The number of ketones is 2. The number of ether oxygens (including phenoxy) is 1. The van der Waals surface area contributed by atoms with Crippen molar-refractivity contribution in [2.24, 2.45) is 5.92 Å². The van der Waals surface area contributed by atoms with Crippen molar-refractivity contribution in [1.29, 1.82) is 0 Å². The van der Waals surface area contributed by atoms with Crippen LogP contribution in [0.2, 0.25) is 0 Å². The third kappa shape index (κ3) is 10.3. The molecule has 332 valence electrons. The summed E-state index contributed by atoms with van der Waals surface area (Å²) in [6, 6.07) is 36.4. The zero-order valence-corrected chi connectivity index (χ0v) is 36.5. The fraction of sp³-hybridized carbons (Fsp3) is 0.231. The van der Waals surface area contributed by atoms with Crippen LogP contribution in [0, 0.1) is 47.5 Å². The average Bonchev–Trinajstić information content (AvgIpc) is 3.58. The first-order chi connectivity index (χ1) is 30.0. The Morgan fingerprint density at radius 3 is 1.19 bits per heavy atom. The molecular formula is C52H47F6NO5. The molecular weight excluding hydrogens is 833 g/mol. The van der Waals surface area contributed by atoms with Crippen LogP contribution >= 0.6 is 0 Å². The zero-order chi connectivity index (χ0) is 47.3. The van der Waals surface area contributed by atoms with E-state index in [2.05, 4.69) is 90.1 Å². The third-order valence-corrected chi connectivity index (χ3v) is 10.8. The minimum Gasteiger partial charge on any atom is -0.457 e. The second-order valence-corrected chi connectivity index (χ2v) is 15.9. The van der Waals surface area contributed by atoms with Crippen molar-refractivity contribution >= 4 is 23.4 Å². The quantitative estimate of drug-likeness (QED) is 0.100. The van der Waals surface area contributed by atoms with Crippen molar-refractivity contribution in [3.05, 3.63) is 200 Å². The van der Waals surface area contributed by atoms with Crippen LogP contribution in [0.5, 0.6) is 11.5 Å². The summed E-state index contributed by atoms with van der Waals surface area (Å²) in [5.74, 6) is -2.95. The van der Waals surface area contributed by atoms with E-state index in [4.69, 9.17) is 4.74 Å². The number of fused-ring (bicyclic) bond motifs is 2. The number of Topliss-reactive ketones (excluding diaryl/α,β-unsaturated/α-hetero) is 2. The summed E-state index contributed by atoms with van der Waals surface area (Å²) in [5.41, 5.74) is -1.21. The maximum atomic E-state index is 14.4. The molecule has 0 aromatic heterocycles. The summed E-state index contributed by atoms with van der Waals surface area (Å²) in [6.45, 7) is 13.7. The first-order valence-corrected chi connectivity index (χ1v) is 20.2. The summed E-state index contributed by atoms with van der Waals surface area (Å²) in [5, 5.41) is 0. The van der Waals surface area contributed by atoms with Crippen molar-refractivity contribution in [2.45, 2.75) is 66.2 Å². The first kappa shape index (κ1) is 48.2. The van der Waals surface area contributed by atoms with Gasteiger partial charge in [0.2, 0.25) is 5.41 Å². The largest absolute Gasteiger partial charge is 0.457 e. The highest BCUT2D eigenvalue weighted by Crippen LogP contribution is 2.57. The van der Waals surface area contributed by atoms with E-state index in [1.165, 1.54) is 40.3 Å². The Morgan fingerprint density at radius 1 is 0.438 bits per heavy atom. The topological polar surface area (TPSA) is 80.8 Å². The van der Waals surface area contributed by atoms with E-state index < -0.39 is 69.3 Å². The van der Waals surface area contributed by atoms with E-state index in [-0.39, 0.29) is 11.1 Å². The molecule has 0 saturated carbocycles. The maximum absolute atomic E-state index is 14.4. The lowest BCUT2D eigenvalue weighted by Crippen LogP contribution is -2.55. The lowest BCUT2D eigenvalue weighted by atomic mass is 9.71. The number of carbonyl (C=O) groups excluding carboxylic acids is 4. The van der Waals surface area contributed by atoms with Crippen molar-refractivity contribution in [3.8, 4) is 11.5 Å². The molecule has 1 atom stereocenters. The van der Waals surface area contributed by atoms with Crippen LogP contribution in [-0.2, 0) is 5.41 Å². The summed E-state index contributed by atoms with van der Waals surface area (Å²) in [6.07, 6.45) is -11.9. The molecule has 6 aromatic rings. The number of rotatable bonds is 4. The molecule has 1 aliphatic heterocycles. The second kappa shape index (κ2) is 19.3. The molecule has 0 fully saturated rings. The van der Waals surface area contributed by atoms with Gasteiger partial charge in [-0.05, 0) is 102 Å². The van der Waals surface area contributed by atoms with E-state index in [0.717, 1.165) is 30.7 Å². The van der Waals surface area contributed by atoms with E-state index in [9.17, 15) is 45.5 Å². The molecule has 1 aliphatic carbocycles. The molecule has 0 N–H and O–H groups in total. The van der Waals surface area contributed by atoms with E-state index in [1.54, 1.807) is 0 Å². The van der Waals surface area contributed by atoms with Gasteiger partial charge in [0, 0.05) is 18.2 Å². The lowest BCUT2D eigenvalue weighted by molar-refractivity contribution is -0.288. The Labute approximate surface area is 368 Å². The number of aryl methyl sites for hydroxylation is 6. The molecule has 1 heterocycles. The molecule has 0 bridgehead atoms. The van der Waals surface area contributed by atoms with E-state index in [0.29, 0.717) is 29.2 Å². The van der Waals surface area contributed by atoms with Crippen LogP contribution in [-0.4, -0.2) is 47.7 Å². The monoisotopic (exact) mass is 879 g/mol. The number of hydrogen-bond donors (Lipinski definition) is 0. The fourth-order valence-electron chi connectivity index (χ4n) is 7.15. The summed E-state index contributed by atoms with van der Waals surface area (Å²) >= 11 is 0. The number of imide groups is 1. The SMILES string of the molecule is CC1C(=O)c2ccc(C(c3ccc4c(c3)C(=O)N(C)C4=O)(C(F)(F)F)C(F)(F)F)cc2C1=O.Cc1ccc(C)cc1.Cc1ccc(Oc2ccc(C)cc2)cc1.Cc1cccc(C)c1. The van der Waals surface area contributed by atoms with Crippen LogP contribution in [0.3, 0.4) is 0 Å². The summed E-state index contributed by atoms with van der Waals surface area (Å²) in [4.78, 5) is 49.3. The predicted molar refractivity (Wildman–Crippen MR) is 234 cm³/mol. The maximum Gasteiger partial charge on any atom is 0.411 e. The van der Waals surface area contributed by atoms with Gasteiger partial charge in [-0.25, -0.2) is 0 Å². The van der Waals surface area contributed by atoms with Crippen molar-refractivity contribution in [3.63, 3.8) is 0 Å². The van der Waals surface area contributed by atoms with Crippen LogP contribution < -0.4 is 4.74 Å². The second-order valence-electron chi connectivity index (χ2n) is 15.9. The van der Waals surface area contributed by atoms with Crippen molar-refractivity contribution in [1.82, 2.24) is 4.90 Å². The number of hydrogen-bond acceptors (Lipinski definition) is 5. The Balaban J connectivity index is 0.000000201. The predicted octanol–water partition coefficient (Wildman–Crippen LogP) is 13.0. The van der Waals surface area contributed by atoms with Gasteiger partial charge in [-0.1, -0.05) is 124 Å². The van der Waals surface area contributed by atoms with Gasteiger partial charge in [-0.15, -0.1) is 0 Å². The first-order valence-electron chi connectivity index (χ1n) is 20.2. The lowest BCUT2D eigenvalue weighted by Gasteiger charge is -2.38. The Bertz CT molecular complexity index is 2490. The highest BCUT2D eigenvalue weighted by atomic mass is 19.4. The van der Waals surface area contributed by atoms with Gasteiger partial charge in [0.25, 0.3) is 11.8 Å². The van der Waals surface area contributed by atoms with Gasteiger partial charge in [-0.3, -0.25) is 24.1 Å². The number of halogens is 6. The molecule has 2 aliphatic rings. The number of alkyl halides is 6. The van der Waals surface area contributed by atoms with Gasteiger partial charge in [0.1, 0.15) is 11.5 Å². The standard InChI is InChI=1S/C22H13F6NO4.C14H14O.2C8H10/c1-9-16(30)12-5-3-10(7-14(12)17(9)31)20(21(23,24)25,22(26,27)28)11-4-6-13-15(8-11)19(33)29(2)18(13)32;1-11-3-7-13(8-4-11)15-14-9-5-12(2)6-10-14;1-7-3-5-8(2)6-4-7;1-7-4-3-5-8(2)6-7/h3-9H,1-2H3;3-10H,1-2H3;2*3-6H,1-2H3. The Kier molecular flexibility index (Phi) is 14.5. The van der Waals surface area contributed by atoms with Gasteiger partial charge < -0.3 is 4.74 Å². The molecule has 1 unspecified atom stereocenters. The average molecular weight is 880 g/mol. The van der Waals surface area contributed by atoms with Crippen LogP contribution in [0.4, 0.5) is 26.3 Å². The Morgan fingerprint density at radius 2 is 0.797 bits per heavy atom. The smallest absolute Gasteiger partial charge is 0.411 e. The zero-order valence-electron chi connectivity index (χ0n) is 36.5. The van der Waals surface area contributed by atoms with Gasteiger partial charge in [0.05, 0.1) is 17.0 Å². The minimum absolute atomic E-state index is 0.258. The number of nitrogens with zero attached hydrogens (tertiary/aromatic N) is 1. The number of carbonyl (C=O) groups is 4. The molecule has 64 heavy (non-hydrogen) atoms. The highest BCUT2D eigenvalue weighted by Gasteiger charge is 2.73. The van der Waals surface area contributed by atoms with E-state index >= 15 is 0 Å². The molecule has 0 radical (unpaired) electrons. The van der Waals surface area contributed by atoms with Crippen LogP contribution in [0.25, 0.3) is 0 Å². The van der Waals surface area contributed by atoms with Gasteiger partial charge in [0.15, 0.2) is 11.6 Å². The molecule has 0 spiro atoms. The molecule has 6 aromatic carbocycles. The highest BCUT2D eigenvalue weighted by molar-refractivity contribution is 6.26. The van der Waals surface area contributed by atoms with Crippen LogP contribution in [0.1, 0.15) is 92.9 Å². The molecule has 0 saturated heterocycles. The number of amides is 2. The summed E-state index contributed by atoms with van der Waals surface area (Å²) < 4.78 is 92.2. The molecule has 6 nitrogen and oxygen atoms in total. The fourth-order valence-corrected chi connectivity index (χ4v) is 7.15. The Hall–Kier alpha value is -6.82. The molecule has 2 amide bonds.